The van der Waals surface area contributed by atoms with Gasteiger partial charge in [0.05, 0.1) is 15.8 Å². The smallest absolute Gasteiger partial charge is 0.401 e. The summed E-state index contributed by atoms with van der Waals surface area (Å²) < 4.78 is 17.5. The van der Waals surface area contributed by atoms with Crippen molar-refractivity contribution in [3.05, 3.63) is 97.1 Å². The van der Waals surface area contributed by atoms with Crippen molar-refractivity contribution in [2.24, 2.45) is 0 Å². The van der Waals surface area contributed by atoms with E-state index in [1.54, 1.807) is 22.7 Å². The summed E-state index contributed by atoms with van der Waals surface area (Å²) in [6.45, 7) is 0. The molecular formula is C27H17N2O2S2+. The maximum Gasteiger partial charge on any atom is 0.469 e. The molecule has 6 heteroatoms. The van der Waals surface area contributed by atoms with E-state index >= 15 is 0 Å². The summed E-state index contributed by atoms with van der Waals surface area (Å²) in [4.78, 5) is 4.85. The number of aromatic nitrogens is 2. The summed E-state index contributed by atoms with van der Waals surface area (Å²) in [5.41, 5.74) is 4.13. The second kappa shape index (κ2) is 7.40. The van der Waals surface area contributed by atoms with Crippen LogP contribution in [0, 0.1) is 0 Å². The molecular weight excluding hydrogens is 448 g/mol. The summed E-state index contributed by atoms with van der Waals surface area (Å²) in [6, 6.07) is 32.7. The first-order valence-electron chi connectivity index (χ1n) is 10.7. The van der Waals surface area contributed by atoms with Gasteiger partial charge in [0, 0.05) is 6.07 Å². The van der Waals surface area contributed by atoms with Crippen LogP contribution in [0.25, 0.3) is 41.6 Å². The van der Waals surface area contributed by atoms with Crippen LogP contribution >= 0.6 is 22.7 Å². The molecule has 0 spiro atoms. The van der Waals surface area contributed by atoms with Crippen LogP contribution < -0.4 is 14.0 Å². The predicted octanol–water partition coefficient (Wildman–Crippen LogP) is 7.06. The largest absolute Gasteiger partial charge is 0.469 e. The minimum absolute atomic E-state index is 0.624. The zero-order chi connectivity index (χ0) is 21.8. The first-order valence-corrected chi connectivity index (χ1v) is 12.3. The van der Waals surface area contributed by atoms with Crippen molar-refractivity contribution >= 4 is 43.1 Å². The molecule has 7 rings (SSSR count). The predicted molar refractivity (Wildman–Crippen MR) is 133 cm³/mol. The van der Waals surface area contributed by atoms with Gasteiger partial charge in [-0.15, -0.1) is 15.9 Å². The molecule has 0 unspecified atom stereocenters. The highest BCUT2D eigenvalue weighted by Gasteiger charge is 2.39. The zero-order valence-corrected chi connectivity index (χ0v) is 19.0. The first-order chi connectivity index (χ1) is 16.3. The molecule has 0 N–H and O–H groups in total. The fraction of sp³-hybridized carbons (Fsp3) is 0.0370. The minimum atomic E-state index is -0.624. The Morgan fingerprint density at radius 1 is 0.727 bits per heavy atom. The van der Waals surface area contributed by atoms with Gasteiger partial charge in [0.1, 0.15) is 26.8 Å². The molecule has 0 radical (unpaired) electrons. The van der Waals surface area contributed by atoms with Gasteiger partial charge in [-0.2, -0.15) is 0 Å². The highest BCUT2D eigenvalue weighted by Crippen LogP contribution is 2.42. The van der Waals surface area contributed by atoms with Crippen LogP contribution in [0.2, 0.25) is 0 Å². The second-order valence-electron chi connectivity index (χ2n) is 7.77. The average Bonchev–Trinajstić information content (AvgIpc) is 3.47. The molecule has 0 saturated carbocycles. The lowest BCUT2D eigenvalue weighted by Crippen LogP contribution is -2.48. The third kappa shape index (κ3) is 3.03. The SMILES string of the molecule is c1ccc(-c2nc3ccccc3s2)c(O[C@@H]2Oc3ccccc3-c3sc4ccccc4[n+]32)c1. The summed E-state index contributed by atoms with van der Waals surface area (Å²) in [6.07, 6.45) is -0.624. The highest BCUT2D eigenvalue weighted by molar-refractivity contribution is 7.21. The van der Waals surface area contributed by atoms with Crippen LogP contribution in [0.5, 0.6) is 11.5 Å². The number of fused-ring (bicyclic) bond motifs is 6. The van der Waals surface area contributed by atoms with Gasteiger partial charge in [-0.05, 0) is 42.5 Å². The molecule has 158 valence electrons. The van der Waals surface area contributed by atoms with E-state index in [0.29, 0.717) is 0 Å². The standard InChI is InChI=1S/C27H17N2O2S2/c1-5-13-21(17(9-1)25-28-19-11-3-7-15-23(19)32-25)30-27-29-20-12-4-8-16-24(20)33-26(29)18-10-2-6-14-22(18)31-27/h1-16,27H/q+1/t27-/m1/s1. The van der Waals surface area contributed by atoms with Crippen molar-refractivity contribution in [2.75, 3.05) is 0 Å². The van der Waals surface area contributed by atoms with E-state index in [2.05, 4.69) is 47.0 Å². The van der Waals surface area contributed by atoms with Gasteiger partial charge in [-0.3, -0.25) is 0 Å². The van der Waals surface area contributed by atoms with Gasteiger partial charge >= 0.3 is 6.41 Å². The molecule has 3 heterocycles. The van der Waals surface area contributed by atoms with E-state index < -0.39 is 6.41 Å². The quantitative estimate of drug-likeness (QED) is 0.263. The van der Waals surface area contributed by atoms with Crippen LogP contribution in [-0.2, 0) is 0 Å². The van der Waals surface area contributed by atoms with Crippen LogP contribution in [0.3, 0.4) is 0 Å². The van der Waals surface area contributed by atoms with Gasteiger partial charge < -0.3 is 9.47 Å². The molecule has 0 bridgehead atoms. The average molecular weight is 466 g/mol. The fourth-order valence-electron chi connectivity index (χ4n) is 4.23. The van der Waals surface area contributed by atoms with E-state index in [0.717, 1.165) is 48.4 Å². The summed E-state index contributed by atoms with van der Waals surface area (Å²) >= 11 is 3.42. The molecule has 0 amide bonds. The third-order valence-corrected chi connectivity index (χ3v) is 7.99. The number of ether oxygens (including phenoxy) is 2. The maximum atomic E-state index is 6.60. The Kier molecular flexibility index (Phi) is 4.22. The van der Waals surface area contributed by atoms with E-state index in [1.165, 1.54) is 4.70 Å². The monoisotopic (exact) mass is 465 g/mol. The number of rotatable bonds is 3. The van der Waals surface area contributed by atoms with Gasteiger partial charge in [-0.1, -0.05) is 59.9 Å². The Balaban J connectivity index is 1.37. The Bertz CT molecular complexity index is 1620. The summed E-state index contributed by atoms with van der Waals surface area (Å²) in [5.74, 6) is 1.57. The lowest BCUT2D eigenvalue weighted by molar-refractivity contribution is -0.756. The Morgan fingerprint density at radius 2 is 1.45 bits per heavy atom. The number of hydrogen-bond acceptors (Lipinski definition) is 5. The van der Waals surface area contributed by atoms with Crippen molar-refractivity contribution in [1.29, 1.82) is 0 Å². The lowest BCUT2D eigenvalue weighted by atomic mass is 10.2. The molecule has 0 fully saturated rings. The van der Waals surface area contributed by atoms with E-state index in [-0.39, 0.29) is 0 Å². The zero-order valence-electron chi connectivity index (χ0n) is 17.3. The molecule has 33 heavy (non-hydrogen) atoms. The highest BCUT2D eigenvalue weighted by atomic mass is 32.1. The second-order valence-corrected chi connectivity index (χ2v) is 9.83. The van der Waals surface area contributed by atoms with E-state index in [9.17, 15) is 0 Å². The van der Waals surface area contributed by atoms with Crippen molar-refractivity contribution < 1.29 is 14.0 Å². The van der Waals surface area contributed by atoms with Crippen LogP contribution in [0.4, 0.5) is 0 Å². The van der Waals surface area contributed by atoms with Gasteiger partial charge in [0.2, 0.25) is 5.52 Å². The molecule has 2 aromatic heterocycles. The van der Waals surface area contributed by atoms with E-state index in [4.69, 9.17) is 14.5 Å². The van der Waals surface area contributed by atoms with Crippen molar-refractivity contribution in [1.82, 2.24) is 4.98 Å². The number of para-hydroxylation sites is 4. The van der Waals surface area contributed by atoms with Crippen molar-refractivity contribution in [3.8, 4) is 32.6 Å². The number of thiazole rings is 2. The fourth-order valence-corrected chi connectivity index (χ4v) is 6.41. The number of benzene rings is 4. The molecule has 0 saturated heterocycles. The van der Waals surface area contributed by atoms with Gasteiger partial charge in [0.25, 0.3) is 5.01 Å². The van der Waals surface area contributed by atoms with Crippen molar-refractivity contribution in [3.63, 3.8) is 0 Å². The molecule has 6 aromatic rings. The molecule has 1 aliphatic heterocycles. The topological polar surface area (TPSA) is 35.2 Å². The minimum Gasteiger partial charge on any atom is -0.401 e. The Hall–Kier alpha value is -3.74. The normalized spacial score (nSPS) is 14.6. The van der Waals surface area contributed by atoms with E-state index in [1.807, 2.05) is 54.6 Å². The molecule has 4 nitrogen and oxygen atoms in total. The summed E-state index contributed by atoms with van der Waals surface area (Å²) in [5, 5.41) is 2.06. The van der Waals surface area contributed by atoms with Crippen LogP contribution in [0.1, 0.15) is 6.41 Å². The number of hydrogen-bond donors (Lipinski definition) is 0. The third-order valence-electron chi connectivity index (χ3n) is 5.75. The summed E-state index contributed by atoms with van der Waals surface area (Å²) in [7, 11) is 0. The van der Waals surface area contributed by atoms with Crippen LogP contribution in [-0.4, -0.2) is 4.98 Å². The molecule has 4 aromatic carbocycles. The van der Waals surface area contributed by atoms with Gasteiger partial charge in [0.15, 0.2) is 0 Å². The molecule has 1 aliphatic rings. The first kappa shape index (κ1) is 18.8. The van der Waals surface area contributed by atoms with Gasteiger partial charge in [-0.25, -0.2) is 4.98 Å². The maximum absolute atomic E-state index is 6.60. The Labute approximate surface area is 197 Å². The number of nitrogens with zero attached hydrogens (tertiary/aromatic N) is 2. The van der Waals surface area contributed by atoms with Crippen molar-refractivity contribution in [2.45, 2.75) is 6.41 Å². The van der Waals surface area contributed by atoms with Crippen LogP contribution in [0.15, 0.2) is 97.1 Å². The molecule has 0 aliphatic carbocycles. The lowest BCUT2D eigenvalue weighted by Gasteiger charge is -2.22. The molecule has 1 atom stereocenters. The Morgan fingerprint density at radius 3 is 2.36 bits per heavy atom.